The lowest BCUT2D eigenvalue weighted by Gasteiger charge is -2.14. The molecule has 1 unspecified atom stereocenters. The summed E-state index contributed by atoms with van der Waals surface area (Å²) in [4.78, 5) is 22.0. The van der Waals surface area contributed by atoms with Crippen molar-refractivity contribution in [3.63, 3.8) is 0 Å². The van der Waals surface area contributed by atoms with E-state index in [1.807, 2.05) is 0 Å². The van der Waals surface area contributed by atoms with Crippen molar-refractivity contribution in [3.8, 4) is 0 Å². The van der Waals surface area contributed by atoms with Crippen LogP contribution in [-0.4, -0.2) is 36.9 Å². The number of carboxylic acid groups (broad SMARTS) is 1. The van der Waals surface area contributed by atoms with Gasteiger partial charge < -0.3 is 20.5 Å². The van der Waals surface area contributed by atoms with Crippen molar-refractivity contribution in [3.05, 3.63) is 35.4 Å². The number of rotatable bonds is 7. The van der Waals surface area contributed by atoms with Crippen LogP contribution in [0.1, 0.15) is 12.0 Å². The second-order valence-electron chi connectivity index (χ2n) is 4.27. The van der Waals surface area contributed by atoms with Crippen LogP contribution in [0.5, 0.6) is 0 Å². The third-order valence-electron chi connectivity index (χ3n) is 2.66. The van der Waals surface area contributed by atoms with Gasteiger partial charge in [0.05, 0.1) is 12.5 Å². The van der Waals surface area contributed by atoms with Crippen molar-refractivity contribution in [2.24, 2.45) is 0 Å². The van der Waals surface area contributed by atoms with Crippen molar-refractivity contribution < 1.29 is 28.2 Å². The lowest BCUT2D eigenvalue weighted by Crippen LogP contribution is -2.40. The van der Waals surface area contributed by atoms with E-state index in [2.05, 4.69) is 10.6 Å². The van der Waals surface area contributed by atoms with E-state index in [0.29, 0.717) is 5.56 Å². The molecule has 0 aliphatic heterocycles. The molecule has 0 bridgehead atoms. The molecule has 0 radical (unpaired) electrons. The Labute approximate surface area is 120 Å². The van der Waals surface area contributed by atoms with Gasteiger partial charge in [-0.2, -0.15) is 0 Å². The Morgan fingerprint density at radius 1 is 1.29 bits per heavy atom. The van der Waals surface area contributed by atoms with Crippen LogP contribution in [0.3, 0.4) is 0 Å². The molecule has 21 heavy (non-hydrogen) atoms. The zero-order chi connectivity index (χ0) is 15.8. The van der Waals surface area contributed by atoms with Crippen LogP contribution < -0.4 is 10.6 Å². The summed E-state index contributed by atoms with van der Waals surface area (Å²) in [6, 6.07) is 2.74. The first kappa shape index (κ1) is 16.8. The molecule has 0 heterocycles. The summed E-state index contributed by atoms with van der Waals surface area (Å²) in [6.07, 6.45) is -0.878. The molecule has 1 aromatic carbocycles. The molecule has 0 aromatic heterocycles. The Morgan fingerprint density at radius 2 is 2.00 bits per heavy atom. The van der Waals surface area contributed by atoms with Crippen molar-refractivity contribution in [1.29, 1.82) is 0 Å². The SMILES string of the molecule is COC(CNC(=O)NCc1ccc(F)c(F)c1)CC(=O)O. The molecule has 0 saturated carbocycles. The van der Waals surface area contributed by atoms with Gasteiger partial charge in [0.15, 0.2) is 11.6 Å². The average molecular weight is 302 g/mol. The van der Waals surface area contributed by atoms with Crippen LogP contribution >= 0.6 is 0 Å². The zero-order valence-corrected chi connectivity index (χ0v) is 11.4. The minimum Gasteiger partial charge on any atom is -0.481 e. The van der Waals surface area contributed by atoms with Crippen LogP contribution in [-0.2, 0) is 16.1 Å². The number of carbonyl (C=O) groups excluding carboxylic acids is 1. The third kappa shape index (κ3) is 6.17. The van der Waals surface area contributed by atoms with Crippen LogP contribution in [0.15, 0.2) is 18.2 Å². The lowest BCUT2D eigenvalue weighted by molar-refractivity contribution is -0.139. The Morgan fingerprint density at radius 3 is 2.57 bits per heavy atom. The zero-order valence-electron chi connectivity index (χ0n) is 11.4. The molecule has 116 valence electrons. The second kappa shape index (κ2) is 8.15. The molecule has 8 heteroatoms. The van der Waals surface area contributed by atoms with Crippen molar-refractivity contribution in [1.82, 2.24) is 10.6 Å². The first-order valence-corrected chi connectivity index (χ1v) is 6.12. The van der Waals surface area contributed by atoms with E-state index >= 15 is 0 Å². The van der Waals surface area contributed by atoms with Gasteiger partial charge in [0, 0.05) is 20.2 Å². The van der Waals surface area contributed by atoms with Crippen LogP contribution in [0.25, 0.3) is 0 Å². The fourth-order valence-electron chi connectivity index (χ4n) is 1.53. The number of carboxylic acids is 1. The monoisotopic (exact) mass is 302 g/mol. The fraction of sp³-hybridized carbons (Fsp3) is 0.385. The van der Waals surface area contributed by atoms with Crippen molar-refractivity contribution in [2.45, 2.75) is 19.1 Å². The van der Waals surface area contributed by atoms with Gasteiger partial charge in [0.2, 0.25) is 0 Å². The first-order valence-electron chi connectivity index (χ1n) is 6.12. The van der Waals surface area contributed by atoms with Gasteiger partial charge in [0.25, 0.3) is 0 Å². The van der Waals surface area contributed by atoms with Crippen LogP contribution in [0, 0.1) is 11.6 Å². The minimum atomic E-state index is -1.04. The normalized spacial score (nSPS) is 11.8. The highest BCUT2D eigenvalue weighted by molar-refractivity contribution is 5.74. The van der Waals surface area contributed by atoms with Gasteiger partial charge in [-0.3, -0.25) is 4.79 Å². The number of nitrogens with one attached hydrogen (secondary N) is 2. The summed E-state index contributed by atoms with van der Waals surface area (Å²) < 4.78 is 30.6. The molecule has 0 fully saturated rings. The number of carbonyl (C=O) groups is 2. The van der Waals surface area contributed by atoms with Crippen LogP contribution in [0.4, 0.5) is 13.6 Å². The highest BCUT2D eigenvalue weighted by Crippen LogP contribution is 2.08. The maximum Gasteiger partial charge on any atom is 0.315 e. The number of hydrogen-bond donors (Lipinski definition) is 3. The average Bonchev–Trinajstić information content (AvgIpc) is 2.44. The van der Waals surface area contributed by atoms with E-state index in [1.54, 1.807) is 0 Å². The molecule has 1 aromatic rings. The third-order valence-corrected chi connectivity index (χ3v) is 2.66. The highest BCUT2D eigenvalue weighted by atomic mass is 19.2. The summed E-state index contributed by atoms with van der Waals surface area (Å²) in [7, 11) is 1.34. The maximum absolute atomic E-state index is 12.9. The molecule has 0 spiro atoms. The van der Waals surface area contributed by atoms with Crippen LogP contribution in [0.2, 0.25) is 0 Å². The van der Waals surface area contributed by atoms with Crippen molar-refractivity contribution in [2.75, 3.05) is 13.7 Å². The molecular formula is C13H16F2N2O4. The maximum atomic E-state index is 12.9. The first-order chi connectivity index (χ1) is 9.92. The van der Waals surface area contributed by atoms with Gasteiger partial charge in [-0.05, 0) is 17.7 Å². The summed E-state index contributed by atoms with van der Waals surface area (Å²) >= 11 is 0. The van der Waals surface area contributed by atoms with Gasteiger partial charge in [-0.25, -0.2) is 13.6 Å². The van der Waals surface area contributed by atoms with Gasteiger partial charge >= 0.3 is 12.0 Å². The Balaban J connectivity index is 2.36. The molecule has 0 aliphatic carbocycles. The fourth-order valence-corrected chi connectivity index (χ4v) is 1.53. The van der Waals surface area contributed by atoms with Gasteiger partial charge in [0.1, 0.15) is 0 Å². The quantitative estimate of drug-likeness (QED) is 0.707. The molecular weight excluding hydrogens is 286 g/mol. The molecule has 3 N–H and O–H groups in total. The Kier molecular flexibility index (Phi) is 6.54. The number of halogens is 2. The highest BCUT2D eigenvalue weighted by Gasteiger charge is 2.13. The minimum absolute atomic E-state index is 0.0135. The molecule has 0 saturated heterocycles. The van der Waals surface area contributed by atoms with Crippen molar-refractivity contribution >= 4 is 12.0 Å². The van der Waals surface area contributed by atoms with E-state index in [0.717, 1.165) is 12.1 Å². The summed E-state index contributed by atoms with van der Waals surface area (Å²) in [5, 5.41) is 13.5. The smallest absolute Gasteiger partial charge is 0.315 e. The predicted molar refractivity (Wildman–Crippen MR) is 69.6 cm³/mol. The molecule has 2 amide bonds. The molecule has 1 rings (SSSR count). The largest absolute Gasteiger partial charge is 0.481 e. The lowest BCUT2D eigenvalue weighted by atomic mass is 10.2. The predicted octanol–water partition coefficient (Wildman–Crippen LogP) is 1.25. The van der Waals surface area contributed by atoms with E-state index < -0.39 is 29.7 Å². The Hall–Kier alpha value is -2.22. The summed E-state index contributed by atoms with van der Waals surface area (Å²) in [5.74, 6) is -2.98. The molecule has 6 nitrogen and oxygen atoms in total. The number of urea groups is 1. The standard InChI is InChI=1S/C13H16F2N2O4/c1-21-9(5-12(18)19)7-17-13(20)16-6-8-2-3-10(14)11(15)4-8/h2-4,9H,5-7H2,1H3,(H,18,19)(H2,16,17,20). The number of aliphatic carboxylic acids is 1. The van der Waals surface area contributed by atoms with E-state index in [-0.39, 0.29) is 19.5 Å². The number of methoxy groups -OCH3 is 1. The topological polar surface area (TPSA) is 87.7 Å². The molecule has 1 atom stereocenters. The number of ether oxygens (including phenoxy) is 1. The van der Waals surface area contributed by atoms with Gasteiger partial charge in [-0.1, -0.05) is 6.07 Å². The van der Waals surface area contributed by atoms with E-state index in [1.165, 1.54) is 13.2 Å². The number of hydrogen-bond acceptors (Lipinski definition) is 3. The summed E-state index contributed by atoms with van der Waals surface area (Å²) in [6.45, 7) is 0.0338. The van der Waals surface area contributed by atoms with E-state index in [9.17, 15) is 18.4 Å². The van der Waals surface area contributed by atoms with Gasteiger partial charge in [-0.15, -0.1) is 0 Å². The molecule has 0 aliphatic rings. The summed E-state index contributed by atoms with van der Waals surface area (Å²) in [5.41, 5.74) is 0.401. The van der Waals surface area contributed by atoms with E-state index in [4.69, 9.17) is 9.84 Å². The number of amides is 2. The Bertz CT molecular complexity index is 511. The number of benzene rings is 1. The second-order valence-corrected chi connectivity index (χ2v) is 4.27.